The van der Waals surface area contributed by atoms with Crippen LogP contribution < -0.4 is 14.8 Å². The van der Waals surface area contributed by atoms with Gasteiger partial charge in [-0.3, -0.25) is 4.79 Å². The highest BCUT2D eigenvalue weighted by atomic mass is 16.5. The van der Waals surface area contributed by atoms with Crippen molar-refractivity contribution in [2.45, 2.75) is 6.61 Å². The Labute approximate surface area is 152 Å². The average Bonchev–Trinajstić information content (AvgIpc) is 2.69. The Hall–Kier alpha value is -3.46. The Bertz CT molecular complexity index is 821. The molecule has 0 saturated carbocycles. The van der Waals surface area contributed by atoms with Gasteiger partial charge < -0.3 is 19.5 Å². The highest BCUT2D eigenvalue weighted by Gasteiger charge is 2.09. The van der Waals surface area contributed by atoms with E-state index in [1.54, 1.807) is 12.1 Å². The molecule has 2 rings (SSSR count). The molecule has 2 aromatic rings. The molecule has 0 aliphatic rings. The number of aldehydes is 1. The van der Waals surface area contributed by atoms with E-state index in [4.69, 9.17) is 14.2 Å². The van der Waals surface area contributed by atoms with E-state index in [2.05, 4.69) is 17.2 Å². The minimum absolute atomic E-state index is 0.106. The number of hydrogen-bond acceptors (Lipinski definition) is 5. The van der Waals surface area contributed by atoms with Crippen molar-refractivity contribution in [1.29, 1.82) is 0 Å². The monoisotopic (exact) mass is 353 g/mol. The molecule has 0 aliphatic heterocycles. The van der Waals surface area contributed by atoms with Crippen molar-refractivity contribution in [3.8, 4) is 23.3 Å². The van der Waals surface area contributed by atoms with Crippen LogP contribution in [0.5, 0.6) is 11.5 Å². The maximum absolute atomic E-state index is 11.7. The van der Waals surface area contributed by atoms with Gasteiger partial charge in [-0.15, -0.1) is 0 Å². The van der Waals surface area contributed by atoms with Gasteiger partial charge >= 0.3 is 6.09 Å². The summed E-state index contributed by atoms with van der Waals surface area (Å²) in [5.74, 6) is 6.54. The molecule has 0 unspecified atom stereocenters. The van der Waals surface area contributed by atoms with E-state index in [0.717, 1.165) is 5.56 Å². The Morgan fingerprint density at radius 2 is 1.85 bits per heavy atom. The van der Waals surface area contributed by atoms with Crippen LogP contribution in [0.2, 0.25) is 0 Å². The van der Waals surface area contributed by atoms with Crippen molar-refractivity contribution in [3.63, 3.8) is 0 Å². The first-order valence-corrected chi connectivity index (χ1v) is 7.82. The van der Waals surface area contributed by atoms with E-state index >= 15 is 0 Å². The van der Waals surface area contributed by atoms with E-state index in [-0.39, 0.29) is 13.2 Å². The zero-order valence-electron chi connectivity index (χ0n) is 14.6. The number of benzene rings is 2. The largest absolute Gasteiger partial charge is 0.496 e. The molecule has 0 aliphatic carbocycles. The lowest BCUT2D eigenvalue weighted by Crippen LogP contribution is -2.24. The maximum atomic E-state index is 11.7. The van der Waals surface area contributed by atoms with Gasteiger partial charge in [0, 0.05) is 6.07 Å². The standard InChI is InChI=1S/C20H19NO5/c1-24-18-12-17(13-22)19(25-2)11-16(18)9-6-10-21-20(23)26-14-15-7-4-3-5-8-15/h3-5,7-8,11-13H,10,14H2,1-2H3,(H,21,23). The van der Waals surface area contributed by atoms with Crippen LogP contribution >= 0.6 is 0 Å². The topological polar surface area (TPSA) is 73.9 Å². The van der Waals surface area contributed by atoms with Gasteiger partial charge in [-0.2, -0.15) is 0 Å². The Kier molecular flexibility index (Phi) is 7.07. The molecule has 6 nitrogen and oxygen atoms in total. The first-order valence-electron chi connectivity index (χ1n) is 7.82. The van der Waals surface area contributed by atoms with E-state index < -0.39 is 6.09 Å². The number of amides is 1. The second kappa shape index (κ2) is 9.74. The number of alkyl carbamates (subject to hydrolysis) is 1. The first kappa shape index (κ1) is 18.9. The minimum atomic E-state index is -0.552. The summed E-state index contributed by atoms with van der Waals surface area (Å²) in [7, 11) is 2.96. The Balaban J connectivity index is 1.93. The fourth-order valence-electron chi connectivity index (χ4n) is 2.14. The molecule has 134 valence electrons. The number of nitrogens with one attached hydrogen (secondary N) is 1. The molecule has 1 N–H and O–H groups in total. The van der Waals surface area contributed by atoms with Gasteiger partial charge in [-0.25, -0.2) is 4.79 Å². The van der Waals surface area contributed by atoms with Gasteiger partial charge in [0.25, 0.3) is 0 Å². The predicted molar refractivity (Wildman–Crippen MR) is 96.4 cm³/mol. The predicted octanol–water partition coefficient (Wildman–Crippen LogP) is 2.79. The molecule has 0 atom stereocenters. The lowest BCUT2D eigenvalue weighted by Gasteiger charge is -2.08. The molecule has 0 fully saturated rings. The molecule has 0 spiro atoms. The molecular weight excluding hydrogens is 334 g/mol. The summed E-state index contributed by atoms with van der Waals surface area (Å²) in [6, 6.07) is 12.6. The zero-order valence-corrected chi connectivity index (χ0v) is 14.6. The summed E-state index contributed by atoms with van der Waals surface area (Å²) in [5, 5.41) is 2.55. The smallest absolute Gasteiger partial charge is 0.408 e. The summed E-state index contributed by atoms with van der Waals surface area (Å²) >= 11 is 0. The molecule has 0 aromatic heterocycles. The number of carbonyl (C=O) groups is 2. The van der Waals surface area contributed by atoms with Crippen LogP contribution in [0.1, 0.15) is 21.5 Å². The molecule has 2 aromatic carbocycles. The van der Waals surface area contributed by atoms with Crippen molar-refractivity contribution in [1.82, 2.24) is 5.32 Å². The van der Waals surface area contributed by atoms with Gasteiger partial charge in [0.05, 0.1) is 31.9 Å². The summed E-state index contributed by atoms with van der Waals surface area (Å²) in [5.41, 5.74) is 1.83. The van der Waals surface area contributed by atoms with Crippen LogP contribution in [0.4, 0.5) is 4.79 Å². The third-order valence-corrected chi connectivity index (χ3v) is 3.44. The van der Waals surface area contributed by atoms with Gasteiger partial charge in [0.15, 0.2) is 6.29 Å². The average molecular weight is 353 g/mol. The maximum Gasteiger partial charge on any atom is 0.408 e. The zero-order chi connectivity index (χ0) is 18.8. The minimum Gasteiger partial charge on any atom is -0.496 e. The van der Waals surface area contributed by atoms with Crippen LogP contribution in [-0.4, -0.2) is 33.1 Å². The van der Waals surface area contributed by atoms with E-state index in [9.17, 15) is 9.59 Å². The van der Waals surface area contributed by atoms with Crippen molar-refractivity contribution < 1.29 is 23.8 Å². The third kappa shape index (κ3) is 5.28. The fourth-order valence-corrected chi connectivity index (χ4v) is 2.14. The van der Waals surface area contributed by atoms with Gasteiger partial charge in [0.1, 0.15) is 18.1 Å². The first-order chi connectivity index (χ1) is 12.7. The number of methoxy groups -OCH3 is 2. The van der Waals surface area contributed by atoms with E-state index in [0.29, 0.717) is 28.9 Å². The second-order valence-corrected chi connectivity index (χ2v) is 5.13. The normalized spacial score (nSPS) is 9.46. The molecule has 6 heteroatoms. The van der Waals surface area contributed by atoms with Crippen LogP contribution in [0.15, 0.2) is 42.5 Å². The second-order valence-electron chi connectivity index (χ2n) is 5.13. The van der Waals surface area contributed by atoms with E-state index in [1.165, 1.54) is 14.2 Å². The van der Waals surface area contributed by atoms with E-state index in [1.807, 2.05) is 30.3 Å². The molecular formula is C20H19NO5. The molecule has 0 radical (unpaired) electrons. The summed E-state index contributed by atoms with van der Waals surface area (Å²) < 4.78 is 15.5. The SMILES string of the molecule is COc1cc(C=O)c(OC)cc1C#CCNC(=O)OCc1ccccc1. The van der Waals surface area contributed by atoms with Crippen molar-refractivity contribution in [3.05, 3.63) is 59.2 Å². The lowest BCUT2D eigenvalue weighted by molar-refractivity contribution is 0.112. The summed E-state index contributed by atoms with van der Waals surface area (Å²) in [4.78, 5) is 22.7. The summed E-state index contributed by atoms with van der Waals surface area (Å²) in [6.45, 7) is 0.298. The van der Waals surface area contributed by atoms with Gasteiger partial charge in [-0.1, -0.05) is 42.2 Å². The molecule has 26 heavy (non-hydrogen) atoms. The van der Waals surface area contributed by atoms with Crippen LogP contribution in [0.3, 0.4) is 0 Å². The van der Waals surface area contributed by atoms with Crippen LogP contribution in [0.25, 0.3) is 0 Å². The number of carbonyl (C=O) groups excluding carboxylic acids is 2. The molecule has 0 heterocycles. The molecule has 1 amide bonds. The Morgan fingerprint density at radius 1 is 1.12 bits per heavy atom. The highest BCUT2D eigenvalue weighted by Crippen LogP contribution is 2.27. The van der Waals surface area contributed by atoms with Gasteiger partial charge in [0.2, 0.25) is 0 Å². The van der Waals surface area contributed by atoms with Crippen LogP contribution in [0, 0.1) is 11.8 Å². The number of hydrogen-bond donors (Lipinski definition) is 1. The summed E-state index contributed by atoms with van der Waals surface area (Å²) in [6.07, 6.45) is 0.132. The number of ether oxygens (including phenoxy) is 3. The quantitative estimate of drug-likeness (QED) is 0.638. The molecule has 0 bridgehead atoms. The number of rotatable bonds is 6. The Morgan fingerprint density at radius 3 is 2.50 bits per heavy atom. The van der Waals surface area contributed by atoms with Crippen molar-refractivity contribution in [2.24, 2.45) is 0 Å². The molecule has 0 saturated heterocycles. The van der Waals surface area contributed by atoms with Gasteiger partial charge in [-0.05, 0) is 11.6 Å². The highest BCUT2D eigenvalue weighted by molar-refractivity contribution is 5.81. The van der Waals surface area contributed by atoms with Crippen molar-refractivity contribution in [2.75, 3.05) is 20.8 Å². The van der Waals surface area contributed by atoms with Crippen molar-refractivity contribution >= 4 is 12.4 Å². The van der Waals surface area contributed by atoms with Crippen LogP contribution in [-0.2, 0) is 11.3 Å². The third-order valence-electron chi connectivity index (χ3n) is 3.44. The lowest BCUT2D eigenvalue weighted by atomic mass is 10.1. The fraction of sp³-hybridized carbons (Fsp3) is 0.200.